The van der Waals surface area contributed by atoms with Crippen molar-refractivity contribution in [2.45, 2.75) is 70.7 Å². The largest absolute Gasteiger partial charge is 0.485 e. The number of ether oxygens (including phenoxy) is 1. The summed E-state index contributed by atoms with van der Waals surface area (Å²) in [5.74, 6) is 0.763. The van der Waals surface area contributed by atoms with E-state index < -0.39 is 6.10 Å². The molecule has 1 aliphatic heterocycles. The fourth-order valence-electron chi connectivity index (χ4n) is 4.52. The Labute approximate surface area is 198 Å². The van der Waals surface area contributed by atoms with Crippen LogP contribution in [0.25, 0.3) is 0 Å². The highest BCUT2D eigenvalue weighted by atomic mass is 16.5. The highest BCUT2D eigenvalue weighted by Crippen LogP contribution is 2.45. The third-order valence-electron chi connectivity index (χ3n) is 6.22. The van der Waals surface area contributed by atoms with Gasteiger partial charge in [-0.3, -0.25) is 4.79 Å². The Bertz CT molecular complexity index is 943. The van der Waals surface area contributed by atoms with Crippen LogP contribution in [-0.2, 0) is 17.6 Å². The lowest BCUT2D eigenvalue weighted by Crippen LogP contribution is -2.49. The van der Waals surface area contributed by atoms with E-state index in [-0.39, 0.29) is 23.6 Å². The molecule has 1 amide bonds. The molecule has 0 spiro atoms. The molecule has 6 heteroatoms. The molecule has 6 nitrogen and oxygen atoms in total. The van der Waals surface area contributed by atoms with Gasteiger partial charge in [0.1, 0.15) is 11.4 Å². The molecule has 3 atom stereocenters. The van der Waals surface area contributed by atoms with Crippen molar-refractivity contribution in [3.05, 3.63) is 59.2 Å². The summed E-state index contributed by atoms with van der Waals surface area (Å²) in [6.45, 7) is 8.21. The number of nitrogens with one attached hydrogen (secondary N) is 2. The maximum atomic E-state index is 11.8. The average Bonchev–Trinajstić information content (AvgIpc) is 2.75. The SMILES string of the molecule is CCc1cc2c(c(N(C)C)c1)OC(C)(C)C[C@@H]2NC[C@@H](O)[C@H](Cc1ccccc1)NC(C)=O. The summed E-state index contributed by atoms with van der Waals surface area (Å²) in [6.07, 6.45) is 1.57. The summed E-state index contributed by atoms with van der Waals surface area (Å²) in [5.41, 5.74) is 4.20. The average molecular weight is 454 g/mol. The summed E-state index contributed by atoms with van der Waals surface area (Å²) >= 11 is 0. The topological polar surface area (TPSA) is 73.8 Å². The first-order valence-corrected chi connectivity index (χ1v) is 11.8. The summed E-state index contributed by atoms with van der Waals surface area (Å²) in [4.78, 5) is 13.9. The predicted molar refractivity (Wildman–Crippen MR) is 134 cm³/mol. The van der Waals surface area contributed by atoms with Crippen molar-refractivity contribution in [3.8, 4) is 5.75 Å². The van der Waals surface area contributed by atoms with Crippen LogP contribution >= 0.6 is 0 Å². The van der Waals surface area contributed by atoms with Crippen LogP contribution < -0.4 is 20.3 Å². The minimum Gasteiger partial charge on any atom is -0.485 e. The van der Waals surface area contributed by atoms with Gasteiger partial charge in [-0.05, 0) is 43.9 Å². The first-order valence-electron chi connectivity index (χ1n) is 11.8. The van der Waals surface area contributed by atoms with Crippen LogP contribution in [0.2, 0.25) is 0 Å². The molecule has 0 radical (unpaired) electrons. The van der Waals surface area contributed by atoms with Gasteiger partial charge in [-0.25, -0.2) is 0 Å². The monoisotopic (exact) mass is 453 g/mol. The first kappa shape index (κ1) is 25.1. The number of carbonyl (C=O) groups is 1. The van der Waals surface area contributed by atoms with Crippen molar-refractivity contribution in [3.63, 3.8) is 0 Å². The fraction of sp³-hybridized carbons (Fsp3) is 0.519. The van der Waals surface area contributed by atoms with Crippen LogP contribution in [0.15, 0.2) is 42.5 Å². The molecule has 3 rings (SSSR count). The third-order valence-corrected chi connectivity index (χ3v) is 6.22. The van der Waals surface area contributed by atoms with Crippen molar-refractivity contribution in [2.75, 3.05) is 25.5 Å². The molecular formula is C27H39N3O3. The standard InChI is InChI=1S/C27H39N3O3/c1-7-19-13-21-23(16-27(3,4)33-26(21)24(15-19)30(5)6)28-17-25(32)22(29-18(2)31)14-20-11-9-8-10-12-20/h8-13,15,22-23,25,28,32H,7,14,16-17H2,1-6H3,(H,29,31)/t22-,23-,25+/m0/s1. The number of anilines is 1. The normalized spacial score (nSPS) is 18.6. The van der Waals surface area contributed by atoms with Gasteiger partial charge in [0, 0.05) is 45.6 Å². The Morgan fingerprint density at radius 2 is 1.91 bits per heavy atom. The second kappa shape index (κ2) is 10.6. The molecule has 0 bridgehead atoms. The van der Waals surface area contributed by atoms with Gasteiger partial charge in [0.2, 0.25) is 5.91 Å². The highest BCUT2D eigenvalue weighted by molar-refractivity contribution is 5.73. The first-order chi connectivity index (χ1) is 15.6. The van der Waals surface area contributed by atoms with Crippen molar-refractivity contribution < 1.29 is 14.6 Å². The number of aliphatic hydroxyl groups is 1. The zero-order chi connectivity index (χ0) is 24.2. The molecule has 33 heavy (non-hydrogen) atoms. The lowest BCUT2D eigenvalue weighted by atomic mass is 9.87. The highest BCUT2D eigenvalue weighted by Gasteiger charge is 2.36. The van der Waals surface area contributed by atoms with Crippen LogP contribution in [-0.4, -0.2) is 49.4 Å². The zero-order valence-corrected chi connectivity index (χ0v) is 20.8. The Balaban J connectivity index is 1.82. The minimum atomic E-state index is -0.730. The third kappa shape index (κ3) is 6.49. The summed E-state index contributed by atoms with van der Waals surface area (Å²) in [5, 5.41) is 17.6. The van der Waals surface area contributed by atoms with Gasteiger partial charge in [-0.15, -0.1) is 0 Å². The van der Waals surface area contributed by atoms with Crippen molar-refractivity contribution in [2.24, 2.45) is 0 Å². The summed E-state index contributed by atoms with van der Waals surface area (Å²) in [6, 6.07) is 14.0. The van der Waals surface area contributed by atoms with Crippen LogP contribution in [0, 0.1) is 0 Å². The van der Waals surface area contributed by atoms with Gasteiger partial charge >= 0.3 is 0 Å². The fourth-order valence-corrected chi connectivity index (χ4v) is 4.52. The zero-order valence-electron chi connectivity index (χ0n) is 20.8. The molecule has 2 aromatic rings. The maximum absolute atomic E-state index is 11.8. The van der Waals surface area contributed by atoms with Crippen LogP contribution in [0.1, 0.15) is 56.8 Å². The number of benzene rings is 2. The Kier molecular flexibility index (Phi) is 8.03. The van der Waals surface area contributed by atoms with Gasteiger partial charge in [-0.2, -0.15) is 0 Å². The van der Waals surface area contributed by atoms with E-state index in [4.69, 9.17) is 4.74 Å². The van der Waals surface area contributed by atoms with Crippen LogP contribution in [0.4, 0.5) is 5.69 Å². The van der Waals surface area contributed by atoms with Gasteiger partial charge in [0.25, 0.3) is 0 Å². The lowest BCUT2D eigenvalue weighted by molar-refractivity contribution is -0.120. The number of nitrogens with zero attached hydrogens (tertiary/aromatic N) is 1. The van der Waals surface area contributed by atoms with E-state index in [0.29, 0.717) is 13.0 Å². The van der Waals surface area contributed by atoms with Gasteiger partial charge in [0.05, 0.1) is 17.8 Å². The molecule has 2 aromatic carbocycles. The molecular weight excluding hydrogens is 414 g/mol. The van der Waals surface area contributed by atoms with Crippen LogP contribution in [0.3, 0.4) is 0 Å². The van der Waals surface area contributed by atoms with E-state index in [2.05, 4.69) is 48.4 Å². The molecule has 0 saturated carbocycles. The molecule has 0 aliphatic carbocycles. The van der Waals surface area contributed by atoms with Crippen LogP contribution in [0.5, 0.6) is 5.75 Å². The second-order valence-corrected chi connectivity index (χ2v) is 9.87. The summed E-state index contributed by atoms with van der Waals surface area (Å²) in [7, 11) is 4.07. The van der Waals surface area contributed by atoms with E-state index in [1.807, 2.05) is 44.4 Å². The number of carbonyl (C=O) groups excluding carboxylic acids is 1. The Morgan fingerprint density at radius 3 is 2.52 bits per heavy atom. The molecule has 0 aromatic heterocycles. The number of hydrogen-bond donors (Lipinski definition) is 3. The predicted octanol–water partition coefficient (Wildman–Crippen LogP) is 3.62. The molecule has 1 aliphatic rings. The number of fused-ring (bicyclic) bond motifs is 1. The van der Waals surface area contributed by atoms with Crippen molar-refractivity contribution in [1.29, 1.82) is 0 Å². The number of aryl methyl sites for hydroxylation is 1. The van der Waals surface area contributed by atoms with Gasteiger partial charge in [0.15, 0.2) is 0 Å². The molecule has 0 saturated heterocycles. The molecule has 180 valence electrons. The van der Waals surface area contributed by atoms with Crippen molar-refractivity contribution >= 4 is 11.6 Å². The van der Waals surface area contributed by atoms with E-state index in [0.717, 1.165) is 35.4 Å². The second-order valence-electron chi connectivity index (χ2n) is 9.87. The van der Waals surface area contributed by atoms with Gasteiger partial charge < -0.3 is 25.4 Å². The quantitative estimate of drug-likeness (QED) is 0.541. The van der Waals surface area contributed by atoms with Crippen molar-refractivity contribution in [1.82, 2.24) is 10.6 Å². The minimum absolute atomic E-state index is 0.0401. The number of amides is 1. The molecule has 0 unspecified atom stereocenters. The van der Waals surface area contributed by atoms with E-state index >= 15 is 0 Å². The van der Waals surface area contributed by atoms with E-state index in [9.17, 15) is 9.90 Å². The Morgan fingerprint density at radius 1 is 1.21 bits per heavy atom. The molecule has 1 heterocycles. The maximum Gasteiger partial charge on any atom is 0.217 e. The number of hydrogen-bond acceptors (Lipinski definition) is 5. The van der Waals surface area contributed by atoms with E-state index in [1.54, 1.807) is 0 Å². The molecule has 0 fully saturated rings. The number of rotatable bonds is 9. The molecule has 3 N–H and O–H groups in total. The lowest BCUT2D eigenvalue weighted by Gasteiger charge is -2.40. The smallest absolute Gasteiger partial charge is 0.217 e. The van der Waals surface area contributed by atoms with E-state index in [1.165, 1.54) is 12.5 Å². The Hall–Kier alpha value is -2.57. The van der Waals surface area contributed by atoms with Gasteiger partial charge in [-0.1, -0.05) is 43.3 Å². The summed E-state index contributed by atoms with van der Waals surface area (Å²) < 4.78 is 6.43. The number of aliphatic hydroxyl groups excluding tert-OH is 1.